The van der Waals surface area contributed by atoms with Gasteiger partial charge in [0.1, 0.15) is 23.7 Å². The van der Waals surface area contributed by atoms with Crippen LogP contribution in [-0.4, -0.2) is 9.97 Å². The Morgan fingerprint density at radius 2 is 2.16 bits per heavy atom. The van der Waals surface area contributed by atoms with Gasteiger partial charge in [-0.15, -0.1) is 0 Å². The molecule has 2 aromatic rings. The van der Waals surface area contributed by atoms with E-state index in [2.05, 4.69) is 25.9 Å². The van der Waals surface area contributed by atoms with Crippen LogP contribution in [0.4, 0.5) is 10.2 Å². The van der Waals surface area contributed by atoms with E-state index in [1.165, 1.54) is 24.5 Å². The standard InChI is InChI=1S/C13H13BrFN3O/c1-2-3-9-12(16)17-7-18-13(9)19-11-5-4-8(15)6-10(11)14/h4-7H,2-3H2,1H3,(H2,16,17,18). The normalized spacial score (nSPS) is 10.5. The second-order valence-electron chi connectivity index (χ2n) is 3.97. The van der Waals surface area contributed by atoms with Crippen LogP contribution < -0.4 is 10.5 Å². The maximum Gasteiger partial charge on any atom is 0.227 e. The first-order chi connectivity index (χ1) is 9.11. The molecule has 0 bridgehead atoms. The van der Waals surface area contributed by atoms with Gasteiger partial charge in [0.15, 0.2) is 0 Å². The van der Waals surface area contributed by atoms with E-state index in [0.717, 1.165) is 18.4 Å². The third-order valence-electron chi connectivity index (χ3n) is 2.54. The number of nitrogen functional groups attached to an aromatic ring is 1. The second kappa shape index (κ2) is 5.97. The smallest absolute Gasteiger partial charge is 0.227 e. The molecule has 4 nitrogen and oxygen atoms in total. The summed E-state index contributed by atoms with van der Waals surface area (Å²) in [5.41, 5.74) is 6.59. The van der Waals surface area contributed by atoms with Crippen molar-refractivity contribution in [3.8, 4) is 11.6 Å². The minimum atomic E-state index is -0.338. The minimum absolute atomic E-state index is 0.338. The Hall–Kier alpha value is -1.69. The number of halogens is 2. The van der Waals surface area contributed by atoms with Crippen molar-refractivity contribution in [1.29, 1.82) is 0 Å². The SMILES string of the molecule is CCCc1c(N)ncnc1Oc1ccc(F)cc1Br. The van der Waals surface area contributed by atoms with Crippen molar-refractivity contribution in [1.82, 2.24) is 9.97 Å². The number of hydrogen-bond donors (Lipinski definition) is 1. The largest absolute Gasteiger partial charge is 0.437 e. The van der Waals surface area contributed by atoms with Gasteiger partial charge in [-0.3, -0.25) is 0 Å². The number of ether oxygens (including phenoxy) is 1. The van der Waals surface area contributed by atoms with E-state index in [0.29, 0.717) is 21.9 Å². The van der Waals surface area contributed by atoms with E-state index >= 15 is 0 Å². The van der Waals surface area contributed by atoms with Crippen LogP contribution in [-0.2, 0) is 6.42 Å². The summed E-state index contributed by atoms with van der Waals surface area (Å²) in [5, 5.41) is 0. The summed E-state index contributed by atoms with van der Waals surface area (Å²) in [7, 11) is 0. The van der Waals surface area contributed by atoms with Crippen molar-refractivity contribution >= 4 is 21.7 Å². The minimum Gasteiger partial charge on any atom is -0.437 e. The van der Waals surface area contributed by atoms with Crippen LogP contribution in [0.1, 0.15) is 18.9 Å². The molecule has 0 saturated heterocycles. The van der Waals surface area contributed by atoms with E-state index in [4.69, 9.17) is 10.5 Å². The molecule has 6 heteroatoms. The summed E-state index contributed by atoms with van der Waals surface area (Å²) >= 11 is 3.25. The highest BCUT2D eigenvalue weighted by Crippen LogP contribution is 2.32. The Bertz CT molecular complexity index is 592. The molecule has 0 aliphatic heterocycles. The second-order valence-corrected chi connectivity index (χ2v) is 4.82. The van der Waals surface area contributed by atoms with Crippen LogP contribution in [0, 0.1) is 5.82 Å². The van der Waals surface area contributed by atoms with Gasteiger partial charge in [0, 0.05) is 0 Å². The molecule has 2 N–H and O–H groups in total. The number of aromatic nitrogens is 2. The van der Waals surface area contributed by atoms with Gasteiger partial charge >= 0.3 is 0 Å². The lowest BCUT2D eigenvalue weighted by Gasteiger charge is -2.11. The van der Waals surface area contributed by atoms with E-state index in [1.807, 2.05) is 6.92 Å². The van der Waals surface area contributed by atoms with Crippen LogP contribution in [0.5, 0.6) is 11.6 Å². The molecule has 1 aromatic heterocycles. The molecule has 1 aromatic carbocycles. The van der Waals surface area contributed by atoms with Crippen molar-refractivity contribution in [2.75, 3.05) is 5.73 Å². The topological polar surface area (TPSA) is 61.0 Å². The summed E-state index contributed by atoms with van der Waals surface area (Å²) in [4.78, 5) is 8.04. The highest BCUT2D eigenvalue weighted by atomic mass is 79.9. The van der Waals surface area contributed by atoms with Crippen molar-refractivity contribution < 1.29 is 9.13 Å². The predicted molar refractivity (Wildman–Crippen MR) is 74.6 cm³/mol. The van der Waals surface area contributed by atoms with Gasteiger partial charge in [0.25, 0.3) is 0 Å². The quantitative estimate of drug-likeness (QED) is 0.930. The Morgan fingerprint density at radius 3 is 2.84 bits per heavy atom. The highest BCUT2D eigenvalue weighted by molar-refractivity contribution is 9.10. The van der Waals surface area contributed by atoms with Gasteiger partial charge in [0.2, 0.25) is 5.88 Å². The molecule has 0 radical (unpaired) electrons. The Balaban J connectivity index is 2.35. The molecule has 0 aliphatic rings. The Morgan fingerprint density at radius 1 is 1.37 bits per heavy atom. The lowest BCUT2D eigenvalue weighted by molar-refractivity contribution is 0.450. The Kier molecular flexibility index (Phi) is 4.31. The van der Waals surface area contributed by atoms with Crippen LogP contribution >= 0.6 is 15.9 Å². The molecule has 2 rings (SSSR count). The van der Waals surface area contributed by atoms with Gasteiger partial charge in [0.05, 0.1) is 10.0 Å². The first kappa shape index (κ1) is 13.7. The van der Waals surface area contributed by atoms with Crippen LogP contribution in [0.25, 0.3) is 0 Å². The summed E-state index contributed by atoms with van der Waals surface area (Å²) < 4.78 is 19.2. The number of rotatable bonds is 4. The molecular weight excluding hydrogens is 313 g/mol. The molecule has 0 saturated carbocycles. The zero-order valence-corrected chi connectivity index (χ0v) is 11.9. The molecule has 0 spiro atoms. The molecule has 0 atom stereocenters. The maximum atomic E-state index is 13.0. The molecule has 0 aliphatic carbocycles. The number of benzene rings is 1. The Labute approximate surface area is 119 Å². The fraction of sp³-hybridized carbons (Fsp3) is 0.231. The summed E-state index contributed by atoms with van der Waals surface area (Å²) in [6.45, 7) is 2.03. The third-order valence-corrected chi connectivity index (χ3v) is 3.16. The average Bonchev–Trinajstić information content (AvgIpc) is 2.37. The van der Waals surface area contributed by atoms with Gasteiger partial charge in [-0.1, -0.05) is 13.3 Å². The van der Waals surface area contributed by atoms with E-state index < -0.39 is 0 Å². The van der Waals surface area contributed by atoms with Crippen LogP contribution in [0.3, 0.4) is 0 Å². The zero-order chi connectivity index (χ0) is 13.8. The lowest BCUT2D eigenvalue weighted by Crippen LogP contribution is -2.02. The summed E-state index contributed by atoms with van der Waals surface area (Å²) in [6, 6.07) is 4.19. The number of nitrogens with zero attached hydrogens (tertiary/aromatic N) is 2. The average molecular weight is 326 g/mol. The van der Waals surface area contributed by atoms with Crippen LogP contribution in [0.2, 0.25) is 0 Å². The van der Waals surface area contributed by atoms with Crippen molar-refractivity contribution in [3.63, 3.8) is 0 Å². The molecule has 0 unspecified atom stereocenters. The fourth-order valence-electron chi connectivity index (χ4n) is 1.64. The third kappa shape index (κ3) is 3.20. The summed E-state index contributed by atoms with van der Waals surface area (Å²) in [6.07, 6.45) is 2.97. The van der Waals surface area contributed by atoms with Gasteiger partial charge in [-0.25, -0.2) is 14.4 Å². The number of hydrogen-bond acceptors (Lipinski definition) is 4. The molecule has 19 heavy (non-hydrogen) atoms. The monoisotopic (exact) mass is 325 g/mol. The molecule has 0 amide bonds. The highest BCUT2D eigenvalue weighted by Gasteiger charge is 2.12. The fourth-order valence-corrected chi connectivity index (χ4v) is 2.08. The predicted octanol–water partition coefficient (Wildman–Crippen LogP) is 3.71. The molecule has 0 fully saturated rings. The van der Waals surface area contributed by atoms with E-state index in [1.54, 1.807) is 0 Å². The zero-order valence-electron chi connectivity index (χ0n) is 10.4. The first-order valence-electron chi connectivity index (χ1n) is 5.84. The first-order valence-corrected chi connectivity index (χ1v) is 6.63. The van der Waals surface area contributed by atoms with Gasteiger partial charge in [-0.05, 0) is 40.5 Å². The lowest BCUT2D eigenvalue weighted by atomic mass is 10.2. The van der Waals surface area contributed by atoms with E-state index in [-0.39, 0.29) is 5.82 Å². The number of nitrogens with two attached hydrogens (primary N) is 1. The van der Waals surface area contributed by atoms with Crippen LogP contribution in [0.15, 0.2) is 29.0 Å². The molecule has 1 heterocycles. The maximum absolute atomic E-state index is 13.0. The van der Waals surface area contributed by atoms with Crippen molar-refractivity contribution in [2.45, 2.75) is 19.8 Å². The molecule has 100 valence electrons. The van der Waals surface area contributed by atoms with Gasteiger partial charge in [-0.2, -0.15) is 0 Å². The van der Waals surface area contributed by atoms with Gasteiger partial charge < -0.3 is 10.5 Å². The van der Waals surface area contributed by atoms with E-state index in [9.17, 15) is 4.39 Å². The number of anilines is 1. The summed E-state index contributed by atoms with van der Waals surface area (Å²) in [5.74, 6) is 0.957. The molecular formula is C13H13BrFN3O. The van der Waals surface area contributed by atoms with Crippen molar-refractivity contribution in [3.05, 3.63) is 40.4 Å². The van der Waals surface area contributed by atoms with Crippen molar-refractivity contribution in [2.24, 2.45) is 0 Å².